The Morgan fingerprint density at radius 2 is 2.22 bits per heavy atom. The first-order chi connectivity index (χ1) is 8.69. The zero-order valence-corrected chi connectivity index (χ0v) is 10.3. The average molecular weight is 246 g/mol. The lowest BCUT2D eigenvalue weighted by molar-refractivity contribution is 0.184. The molecule has 1 aromatic carbocycles. The molecule has 0 saturated carbocycles. The average Bonchev–Trinajstić information content (AvgIpc) is 2.71. The molecule has 6 nitrogen and oxygen atoms in total. The molecule has 0 unspecified atom stereocenters. The van der Waals surface area contributed by atoms with Crippen LogP contribution >= 0.6 is 0 Å². The molecule has 0 spiro atoms. The van der Waals surface area contributed by atoms with E-state index in [1.54, 1.807) is 26.3 Å². The van der Waals surface area contributed by atoms with Crippen LogP contribution in [0.1, 0.15) is 11.1 Å². The van der Waals surface area contributed by atoms with Crippen LogP contribution in [0.4, 0.5) is 0 Å². The van der Waals surface area contributed by atoms with Gasteiger partial charge in [0.15, 0.2) is 0 Å². The van der Waals surface area contributed by atoms with E-state index in [2.05, 4.69) is 17.0 Å². The Morgan fingerprint density at radius 1 is 1.44 bits per heavy atom. The molecule has 18 heavy (non-hydrogen) atoms. The first-order valence-corrected chi connectivity index (χ1v) is 5.41. The summed E-state index contributed by atoms with van der Waals surface area (Å²) in [5, 5.41) is 7.53. The van der Waals surface area contributed by atoms with Crippen LogP contribution < -0.4 is 5.69 Å². The van der Waals surface area contributed by atoms with Crippen LogP contribution in [0.25, 0.3) is 11.8 Å². The highest BCUT2D eigenvalue weighted by Gasteiger charge is 2.12. The quantitative estimate of drug-likeness (QED) is 0.799. The molecule has 0 N–H and O–H groups in total. The standard InChI is InChI=1S/C12H14N4O2/c1-4-9-6-5-7-11(10(9)8-18-3)16-12(17)15(2)13-14-16/h4-7H,1,8H2,2-3H3. The molecular weight excluding hydrogens is 232 g/mol. The maximum Gasteiger partial charge on any atom is 0.368 e. The molecule has 0 aliphatic heterocycles. The minimum atomic E-state index is -0.298. The molecule has 0 radical (unpaired) electrons. The van der Waals surface area contributed by atoms with Gasteiger partial charge in [-0.3, -0.25) is 0 Å². The Balaban J connectivity index is 2.67. The highest BCUT2D eigenvalue weighted by Crippen LogP contribution is 2.19. The van der Waals surface area contributed by atoms with Gasteiger partial charge in [-0.15, -0.1) is 0 Å². The lowest BCUT2D eigenvalue weighted by atomic mass is 10.1. The second-order valence-corrected chi connectivity index (χ2v) is 3.78. The number of hydrogen-bond acceptors (Lipinski definition) is 4. The minimum absolute atomic E-state index is 0.298. The molecular formula is C12H14N4O2. The summed E-state index contributed by atoms with van der Waals surface area (Å²) >= 11 is 0. The van der Waals surface area contributed by atoms with Gasteiger partial charge in [-0.05, 0) is 22.1 Å². The maximum atomic E-state index is 11.9. The maximum absolute atomic E-state index is 11.9. The van der Waals surface area contributed by atoms with Crippen LogP contribution in [0, 0.1) is 0 Å². The Hall–Kier alpha value is -2.21. The Kier molecular flexibility index (Phi) is 3.38. The van der Waals surface area contributed by atoms with E-state index in [0.29, 0.717) is 12.3 Å². The van der Waals surface area contributed by atoms with E-state index in [-0.39, 0.29) is 5.69 Å². The third-order valence-electron chi connectivity index (χ3n) is 2.65. The molecule has 0 saturated heterocycles. The number of rotatable bonds is 4. The summed E-state index contributed by atoms with van der Waals surface area (Å²) < 4.78 is 7.59. The molecule has 0 amide bonds. The summed E-state index contributed by atoms with van der Waals surface area (Å²) in [6.45, 7) is 4.13. The number of hydrogen-bond donors (Lipinski definition) is 0. The van der Waals surface area contributed by atoms with Gasteiger partial charge in [0.1, 0.15) is 0 Å². The van der Waals surface area contributed by atoms with Gasteiger partial charge in [-0.25, -0.2) is 4.79 Å². The summed E-state index contributed by atoms with van der Waals surface area (Å²) in [4.78, 5) is 11.9. The van der Waals surface area contributed by atoms with E-state index >= 15 is 0 Å². The van der Waals surface area contributed by atoms with E-state index in [9.17, 15) is 4.79 Å². The zero-order valence-electron chi connectivity index (χ0n) is 10.3. The van der Waals surface area contributed by atoms with Gasteiger partial charge in [0.25, 0.3) is 0 Å². The van der Waals surface area contributed by atoms with Crippen molar-refractivity contribution in [3.63, 3.8) is 0 Å². The molecule has 1 aromatic heterocycles. The van der Waals surface area contributed by atoms with Gasteiger partial charge >= 0.3 is 5.69 Å². The van der Waals surface area contributed by atoms with Gasteiger partial charge in [-0.1, -0.05) is 24.8 Å². The fourth-order valence-electron chi connectivity index (χ4n) is 1.75. The van der Waals surface area contributed by atoms with Crippen LogP contribution in [-0.2, 0) is 18.4 Å². The van der Waals surface area contributed by atoms with Gasteiger partial charge in [0, 0.05) is 19.7 Å². The highest BCUT2D eigenvalue weighted by atomic mass is 16.5. The van der Waals surface area contributed by atoms with E-state index < -0.39 is 0 Å². The summed E-state index contributed by atoms with van der Waals surface area (Å²) in [6, 6.07) is 5.55. The van der Waals surface area contributed by atoms with Gasteiger partial charge in [0.05, 0.1) is 12.3 Å². The van der Waals surface area contributed by atoms with Crippen LogP contribution in [0.2, 0.25) is 0 Å². The molecule has 1 heterocycles. The lowest BCUT2D eigenvalue weighted by Gasteiger charge is -2.10. The van der Waals surface area contributed by atoms with E-state index in [1.165, 1.54) is 9.36 Å². The van der Waals surface area contributed by atoms with Crippen LogP contribution in [0.15, 0.2) is 29.6 Å². The number of aryl methyl sites for hydroxylation is 1. The van der Waals surface area contributed by atoms with E-state index in [0.717, 1.165) is 11.1 Å². The fourth-order valence-corrected chi connectivity index (χ4v) is 1.75. The van der Waals surface area contributed by atoms with Crippen LogP contribution in [0.5, 0.6) is 0 Å². The number of ether oxygens (including phenoxy) is 1. The normalized spacial score (nSPS) is 10.6. The van der Waals surface area contributed by atoms with Crippen LogP contribution in [0.3, 0.4) is 0 Å². The van der Waals surface area contributed by atoms with Crippen molar-refractivity contribution in [2.24, 2.45) is 7.05 Å². The number of aromatic nitrogens is 4. The molecule has 94 valence electrons. The van der Waals surface area contributed by atoms with E-state index in [4.69, 9.17) is 4.74 Å². The molecule has 6 heteroatoms. The monoisotopic (exact) mass is 246 g/mol. The summed E-state index contributed by atoms with van der Waals surface area (Å²) in [6.07, 6.45) is 1.72. The van der Waals surface area contributed by atoms with Crippen molar-refractivity contribution < 1.29 is 4.74 Å². The minimum Gasteiger partial charge on any atom is -0.380 e. The molecule has 0 aliphatic carbocycles. The first kappa shape index (κ1) is 12.3. The SMILES string of the molecule is C=Cc1cccc(-n2nnn(C)c2=O)c1COC. The third kappa shape index (κ3) is 1.98. The fraction of sp³-hybridized carbons (Fsp3) is 0.250. The zero-order chi connectivity index (χ0) is 13.1. The molecule has 2 aromatic rings. The van der Waals surface area contributed by atoms with Crippen molar-refractivity contribution in [1.29, 1.82) is 0 Å². The second kappa shape index (κ2) is 4.97. The molecule has 0 bridgehead atoms. The lowest BCUT2D eigenvalue weighted by Crippen LogP contribution is -2.23. The van der Waals surface area contributed by atoms with Gasteiger partial charge in [-0.2, -0.15) is 9.36 Å². The Morgan fingerprint density at radius 3 is 2.78 bits per heavy atom. The molecule has 0 fully saturated rings. The first-order valence-electron chi connectivity index (χ1n) is 5.41. The Bertz CT molecular complexity index is 627. The number of nitrogens with zero attached hydrogens (tertiary/aromatic N) is 4. The number of benzene rings is 1. The largest absolute Gasteiger partial charge is 0.380 e. The van der Waals surface area contributed by atoms with Crippen LogP contribution in [-0.4, -0.2) is 26.9 Å². The van der Waals surface area contributed by atoms with Crippen molar-refractivity contribution in [2.75, 3.05) is 7.11 Å². The smallest absolute Gasteiger partial charge is 0.368 e. The van der Waals surface area contributed by atoms with Crippen molar-refractivity contribution in [1.82, 2.24) is 19.8 Å². The highest BCUT2D eigenvalue weighted by molar-refractivity contribution is 5.58. The molecule has 2 rings (SSSR count). The molecule has 0 atom stereocenters. The molecule has 0 aliphatic rings. The topological polar surface area (TPSA) is 61.9 Å². The van der Waals surface area contributed by atoms with Crippen molar-refractivity contribution in [3.05, 3.63) is 46.4 Å². The van der Waals surface area contributed by atoms with Gasteiger partial charge in [0.2, 0.25) is 0 Å². The summed E-state index contributed by atoms with van der Waals surface area (Å²) in [5.41, 5.74) is 2.13. The second-order valence-electron chi connectivity index (χ2n) is 3.78. The number of methoxy groups -OCH3 is 1. The van der Waals surface area contributed by atoms with Gasteiger partial charge < -0.3 is 4.74 Å². The third-order valence-corrected chi connectivity index (χ3v) is 2.65. The number of tetrazole rings is 1. The van der Waals surface area contributed by atoms with Crippen molar-refractivity contribution in [3.8, 4) is 5.69 Å². The van der Waals surface area contributed by atoms with Crippen molar-refractivity contribution in [2.45, 2.75) is 6.61 Å². The predicted molar refractivity (Wildman–Crippen MR) is 67.4 cm³/mol. The summed E-state index contributed by atoms with van der Waals surface area (Å²) in [7, 11) is 3.16. The van der Waals surface area contributed by atoms with Crippen molar-refractivity contribution >= 4 is 6.08 Å². The summed E-state index contributed by atoms with van der Waals surface area (Å²) in [5.74, 6) is 0. The predicted octanol–water partition coefficient (Wildman–Crippen LogP) is 0.755. The van der Waals surface area contributed by atoms with E-state index in [1.807, 2.05) is 12.1 Å². The Labute approximate surface area is 104 Å².